The molecule has 0 bridgehead atoms. The van der Waals surface area contributed by atoms with Gasteiger partial charge in [0.1, 0.15) is 34.8 Å². The van der Waals surface area contributed by atoms with Gasteiger partial charge in [-0.1, -0.05) is 120 Å². The maximum Gasteiger partial charge on any atom is 0.342 e. The minimum absolute atomic E-state index is 0.0902. The number of carbonyl (C=O) groups is 2. The van der Waals surface area contributed by atoms with E-state index in [4.69, 9.17) is 9.47 Å². The van der Waals surface area contributed by atoms with Gasteiger partial charge in [0.05, 0.1) is 73.2 Å². The first kappa shape index (κ1) is 66.7. The number of benzene rings is 2. The number of carbonyl (C=O) groups excluding carboxylic acids is 2. The Morgan fingerprint density at radius 2 is 0.731 bits per heavy atom. The van der Waals surface area contributed by atoms with Crippen LogP contribution < -0.4 is 0 Å². The Bertz CT molecular complexity index is 2220. The molecule has 0 amide bonds. The first-order valence-corrected chi connectivity index (χ1v) is 26.5. The topological polar surface area (TPSA) is 336 Å². The highest BCUT2D eigenvalue weighted by Gasteiger charge is 2.30. The molecule has 14 N–H and O–H groups in total. The lowest BCUT2D eigenvalue weighted by Crippen LogP contribution is -2.34. The summed E-state index contributed by atoms with van der Waals surface area (Å²) in [6, 6.07) is 8.76. The zero-order chi connectivity index (χ0) is 57.9. The van der Waals surface area contributed by atoms with E-state index in [0.29, 0.717) is 0 Å². The Morgan fingerprint density at radius 1 is 0.436 bits per heavy atom. The lowest BCUT2D eigenvalue weighted by molar-refractivity contribution is -0.0375. The van der Waals surface area contributed by atoms with Gasteiger partial charge in [-0.15, -0.1) is 0 Å². The van der Waals surface area contributed by atoms with Crippen molar-refractivity contribution in [2.45, 2.75) is 190 Å². The fourth-order valence-corrected chi connectivity index (χ4v) is 8.83. The van der Waals surface area contributed by atoms with E-state index in [-0.39, 0.29) is 99.3 Å². The number of allylic oxidation sites excluding steroid dienone is 12. The van der Waals surface area contributed by atoms with E-state index in [2.05, 4.69) is 0 Å². The number of cyclic esters (lactones) is 2. The molecule has 1 aliphatic rings. The molecule has 0 radical (unpaired) electrons. The van der Waals surface area contributed by atoms with Crippen LogP contribution in [0.1, 0.15) is 137 Å². The van der Waals surface area contributed by atoms with Crippen molar-refractivity contribution in [3.05, 3.63) is 143 Å². The Hall–Kier alpha value is -5.58. The average molecular weight is 1090 g/mol. The second-order valence-electron chi connectivity index (χ2n) is 20.4. The van der Waals surface area contributed by atoms with Crippen molar-refractivity contribution in [2.75, 3.05) is 0 Å². The number of hydrogen-bond donors (Lipinski definition) is 14. The SMILES string of the molecule is CC1=CC=CC=CC=Cc2cccc(O)c2C(=O)O[C@H](C[C@H](O)[C@H](C)O)C[C@@H](O)C[C@@H](O)C[C@@H](O)C[C@@H](O)CC(C)=CC=CC=CC=Cc2cccc(O)c2C(=O)O[C@H](C[C@H](O)[C@H](C)O)C[C@@H](O)C[C@@H](O)C[C@@H](O)C[C@@H](O)C1. The highest BCUT2D eigenvalue weighted by molar-refractivity contribution is 5.97. The number of esters is 2. The zero-order valence-electron chi connectivity index (χ0n) is 45.0. The van der Waals surface area contributed by atoms with Gasteiger partial charge >= 0.3 is 11.9 Å². The van der Waals surface area contributed by atoms with Crippen LogP contribution in [0.15, 0.2) is 120 Å². The molecule has 18 heteroatoms. The molecule has 0 aliphatic carbocycles. The van der Waals surface area contributed by atoms with Gasteiger partial charge in [0.25, 0.3) is 0 Å². The smallest absolute Gasteiger partial charge is 0.342 e. The van der Waals surface area contributed by atoms with Gasteiger partial charge in [-0.3, -0.25) is 0 Å². The quantitative estimate of drug-likeness (QED) is 0.168. The van der Waals surface area contributed by atoms with Gasteiger partial charge in [0.15, 0.2) is 0 Å². The summed E-state index contributed by atoms with van der Waals surface area (Å²) < 4.78 is 11.4. The molecule has 0 fully saturated rings. The maximum atomic E-state index is 13.6. The minimum atomic E-state index is -1.36. The lowest BCUT2D eigenvalue weighted by atomic mass is 9.95. The summed E-state index contributed by atoms with van der Waals surface area (Å²) in [5.41, 5.74) is 1.69. The number of hydrogen-bond acceptors (Lipinski definition) is 18. The molecule has 0 unspecified atom stereocenters. The predicted molar refractivity (Wildman–Crippen MR) is 296 cm³/mol. The standard InChI is InChI=1S/C60H84O18/c1-37-17-11-7-5-9-13-19-41-21-15-23-53(71)57(41)59(75)78-52(36-56(74)40(4)62)34-50(70)32-48(68)30-46(66)28-44(64)26-38(2)18-12-8-6-10-14-20-42-22-16-24-54(72)58(42)60(76)77-51(35-55(73)39(3)61)33-49(69)31-47(67)29-45(65)27-43(63)25-37/h5-24,39-40,43-52,55-56,61-74H,25-36H2,1-4H3/t39-,40-,43-,44-,45-,46-,47-,48-,49-,50-,51-,52-,55-,56-/m0/s1. The Morgan fingerprint density at radius 3 is 1.06 bits per heavy atom. The summed E-state index contributed by atoms with van der Waals surface area (Å²) in [6.07, 6.45) is 4.61. The second-order valence-corrected chi connectivity index (χ2v) is 20.4. The molecule has 0 aromatic heterocycles. The fraction of sp³-hybridized carbons (Fsp3) is 0.500. The fourth-order valence-electron chi connectivity index (χ4n) is 8.83. The van der Waals surface area contributed by atoms with Crippen LogP contribution in [0, 0.1) is 0 Å². The normalized spacial score (nSPS) is 27.8. The van der Waals surface area contributed by atoms with Crippen LogP contribution in [0.4, 0.5) is 0 Å². The van der Waals surface area contributed by atoms with Crippen LogP contribution in [0.2, 0.25) is 0 Å². The number of aliphatic hydroxyl groups is 12. The maximum absolute atomic E-state index is 13.6. The van der Waals surface area contributed by atoms with Crippen LogP contribution in [0.5, 0.6) is 11.5 Å². The Balaban J connectivity index is 1.87. The molecule has 2 aromatic rings. The van der Waals surface area contributed by atoms with Crippen LogP contribution in [-0.2, 0) is 9.47 Å². The highest BCUT2D eigenvalue weighted by atomic mass is 16.6. The number of rotatable bonds is 6. The molecule has 432 valence electrons. The number of phenols is 2. The molecule has 0 saturated carbocycles. The first-order valence-electron chi connectivity index (χ1n) is 26.5. The molecule has 14 atom stereocenters. The molecule has 18 nitrogen and oxygen atoms in total. The summed E-state index contributed by atoms with van der Waals surface area (Å²) in [7, 11) is 0. The summed E-state index contributed by atoms with van der Waals surface area (Å²) in [5.74, 6) is -2.75. The van der Waals surface area contributed by atoms with Crippen molar-refractivity contribution in [2.24, 2.45) is 0 Å². The third-order valence-corrected chi connectivity index (χ3v) is 12.9. The van der Waals surface area contributed by atoms with Crippen molar-refractivity contribution < 1.29 is 90.6 Å². The van der Waals surface area contributed by atoms with Crippen molar-refractivity contribution in [1.82, 2.24) is 0 Å². The van der Waals surface area contributed by atoms with E-state index in [1.165, 1.54) is 38.1 Å². The second kappa shape index (κ2) is 35.1. The van der Waals surface area contributed by atoms with Crippen molar-refractivity contribution in [1.29, 1.82) is 0 Å². The van der Waals surface area contributed by atoms with E-state index in [1.54, 1.807) is 111 Å². The number of ether oxygens (including phenoxy) is 2. The molecule has 0 saturated heterocycles. The molecule has 1 aliphatic heterocycles. The van der Waals surface area contributed by atoms with Crippen LogP contribution in [0.25, 0.3) is 12.2 Å². The zero-order valence-corrected chi connectivity index (χ0v) is 45.0. The predicted octanol–water partition coefficient (Wildman–Crippen LogP) is 5.06. The molecule has 78 heavy (non-hydrogen) atoms. The monoisotopic (exact) mass is 1090 g/mol. The van der Waals surface area contributed by atoms with E-state index in [9.17, 15) is 81.1 Å². The molecular formula is C60H84O18. The molecular weight excluding hydrogens is 1010 g/mol. The molecule has 0 spiro atoms. The number of fused-ring (bicyclic) bond motifs is 2. The number of aliphatic hydroxyl groups excluding tert-OH is 12. The van der Waals surface area contributed by atoms with Gasteiger partial charge in [-0.25, -0.2) is 9.59 Å². The van der Waals surface area contributed by atoms with Gasteiger partial charge in [-0.05, 0) is 102 Å². The van der Waals surface area contributed by atoms with Gasteiger partial charge in [0.2, 0.25) is 0 Å². The molecule has 2 aromatic carbocycles. The summed E-state index contributed by atoms with van der Waals surface area (Å²) >= 11 is 0. The van der Waals surface area contributed by atoms with Gasteiger partial charge < -0.3 is 81.0 Å². The van der Waals surface area contributed by atoms with Gasteiger partial charge in [0, 0.05) is 25.7 Å². The third-order valence-electron chi connectivity index (χ3n) is 12.9. The Kier molecular flexibility index (Phi) is 30.0. The molecule has 1 heterocycles. The largest absolute Gasteiger partial charge is 0.507 e. The summed E-state index contributed by atoms with van der Waals surface area (Å²) in [6.45, 7) is 6.25. The first-order chi connectivity index (χ1) is 36.9. The van der Waals surface area contributed by atoms with Crippen LogP contribution in [0.3, 0.4) is 0 Å². The lowest BCUT2D eigenvalue weighted by Gasteiger charge is -2.26. The highest BCUT2D eigenvalue weighted by Crippen LogP contribution is 2.29. The van der Waals surface area contributed by atoms with E-state index in [0.717, 1.165) is 11.1 Å². The average Bonchev–Trinajstić information content (AvgIpc) is 3.32. The van der Waals surface area contributed by atoms with E-state index >= 15 is 0 Å². The summed E-state index contributed by atoms with van der Waals surface area (Å²) in [4.78, 5) is 27.2. The third kappa shape index (κ3) is 25.9. The van der Waals surface area contributed by atoms with Crippen molar-refractivity contribution in [3.63, 3.8) is 0 Å². The molecule has 3 rings (SSSR count). The van der Waals surface area contributed by atoms with Crippen molar-refractivity contribution >= 4 is 24.1 Å². The minimum Gasteiger partial charge on any atom is -0.507 e. The number of phenolic OH excluding ortho intramolecular Hbond substituents is 2. The van der Waals surface area contributed by atoms with E-state index < -0.39 is 109 Å². The van der Waals surface area contributed by atoms with E-state index in [1.807, 2.05) is 0 Å². The van der Waals surface area contributed by atoms with Crippen LogP contribution >= 0.6 is 0 Å². The van der Waals surface area contributed by atoms with Crippen molar-refractivity contribution in [3.8, 4) is 11.5 Å². The van der Waals surface area contributed by atoms with Gasteiger partial charge in [-0.2, -0.15) is 0 Å². The summed E-state index contributed by atoms with van der Waals surface area (Å²) in [5, 5.41) is 149. The Labute approximate surface area is 457 Å². The number of aromatic hydroxyl groups is 2. The van der Waals surface area contributed by atoms with Crippen LogP contribution in [-0.4, -0.2) is 169 Å².